The van der Waals surface area contributed by atoms with Crippen LogP contribution < -0.4 is 5.32 Å². The summed E-state index contributed by atoms with van der Waals surface area (Å²) < 4.78 is 0. The fourth-order valence-corrected chi connectivity index (χ4v) is 2.29. The zero-order chi connectivity index (χ0) is 14.8. The quantitative estimate of drug-likeness (QED) is 0.703. The molecule has 0 aliphatic rings. The van der Waals surface area contributed by atoms with Crippen LogP contribution in [0.2, 0.25) is 0 Å². The second-order valence-electron chi connectivity index (χ2n) is 5.42. The van der Waals surface area contributed by atoms with E-state index in [4.69, 9.17) is 0 Å². The van der Waals surface area contributed by atoms with Gasteiger partial charge in [-0.2, -0.15) is 0 Å². The number of benzene rings is 1. The van der Waals surface area contributed by atoms with Gasteiger partial charge >= 0.3 is 0 Å². The molecule has 3 heteroatoms. The van der Waals surface area contributed by atoms with Crippen molar-refractivity contribution < 1.29 is 4.79 Å². The van der Waals surface area contributed by atoms with Gasteiger partial charge in [0.05, 0.1) is 0 Å². The van der Waals surface area contributed by atoms with E-state index < -0.39 is 0 Å². The van der Waals surface area contributed by atoms with Gasteiger partial charge in [0.15, 0.2) is 0 Å². The van der Waals surface area contributed by atoms with E-state index in [-0.39, 0.29) is 11.9 Å². The molecule has 0 saturated carbocycles. The van der Waals surface area contributed by atoms with Crippen LogP contribution in [0.15, 0.2) is 30.3 Å². The van der Waals surface area contributed by atoms with E-state index in [1.807, 2.05) is 18.0 Å². The van der Waals surface area contributed by atoms with Crippen molar-refractivity contribution in [3.05, 3.63) is 35.9 Å². The predicted octanol–water partition coefficient (Wildman–Crippen LogP) is 2.86. The van der Waals surface area contributed by atoms with Crippen LogP contribution >= 0.6 is 0 Å². The third-order valence-electron chi connectivity index (χ3n) is 3.51. The Balaban J connectivity index is 2.16. The lowest BCUT2D eigenvalue weighted by Gasteiger charge is -2.20. The average Bonchev–Trinajstić information content (AvgIpc) is 2.44. The van der Waals surface area contributed by atoms with Crippen molar-refractivity contribution in [1.82, 2.24) is 10.2 Å². The Kier molecular flexibility index (Phi) is 7.97. The van der Waals surface area contributed by atoms with Crippen LogP contribution in [0, 0.1) is 0 Å². The van der Waals surface area contributed by atoms with Crippen LogP contribution in [-0.2, 0) is 11.2 Å². The molecule has 1 amide bonds. The largest absolute Gasteiger partial charge is 0.346 e. The molecule has 20 heavy (non-hydrogen) atoms. The highest BCUT2D eigenvalue weighted by Gasteiger charge is 2.12. The van der Waals surface area contributed by atoms with Crippen molar-refractivity contribution >= 4 is 5.91 Å². The third kappa shape index (κ3) is 6.71. The van der Waals surface area contributed by atoms with Gasteiger partial charge in [-0.1, -0.05) is 37.3 Å². The van der Waals surface area contributed by atoms with E-state index in [0.717, 1.165) is 32.4 Å². The standard InChI is InChI=1S/C17H28N2O/c1-4-18-15(2)14-17(20)19(3)13-9-8-12-16-10-6-5-7-11-16/h5-7,10-11,15,18H,4,8-9,12-14H2,1-3H3. The normalized spacial score (nSPS) is 12.2. The van der Waals surface area contributed by atoms with Gasteiger partial charge in [-0.3, -0.25) is 4.79 Å². The number of nitrogens with one attached hydrogen (secondary N) is 1. The number of rotatable bonds is 9. The lowest BCUT2D eigenvalue weighted by molar-refractivity contribution is -0.130. The van der Waals surface area contributed by atoms with E-state index in [1.165, 1.54) is 5.56 Å². The van der Waals surface area contributed by atoms with Crippen molar-refractivity contribution in [2.75, 3.05) is 20.1 Å². The van der Waals surface area contributed by atoms with E-state index in [2.05, 4.69) is 43.4 Å². The maximum Gasteiger partial charge on any atom is 0.223 e. The van der Waals surface area contributed by atoms with Crippen molar-refractivity contribution in [3.63, 3.8) is 0 Å². The summed E-state index contributed by atoms with van der Waals surface area (Å²) in [6.07, 6.45) is 3.87. The first-order valence-corrected chi connectivity index (χ1v) is 7.64. The number of aryl methyl sites for hydroxylation is 1. The van der Waals surface area contributed by atoms with Gasteiger partial charge < -0.3 is 10.2 Å². The topological polar surface area (TPSA) is 32.3 Å². The van der Waals surface area contributed by atoms with E-state index in [9.17, 15) is 4.79 Å². The summed E-state index contributed by atoms with van der Waals surface area (Å²) in [6.45, 7) is 5.89. The molecule has 0 bridgehead atoms. The van der Waals surface area contributed by atoms with Crippen LogP contribution in [0.3, 0.4) is 0 Å². The highest BCUT2D eigenvalue weighted by atomic mass is 16.2. The predicted molar refractivity (Wildman–Crippen MR) is 84.8 cm³/mol. The summed E-state index contributed by atoms with van der Waals surface area (Å²) >= 11 is 0. The molecule has 1 aromatic rings. The molecule has 1 N–H and O–H groups in total. The van der Waals surface area contributed by atoms with Crippen molar-refractivity contribution in [3.8, 4) is 0 Å². The minimum Gasteiger partial charge on any atom is -0.346 e. The summed E-state index contributed by atoms with van der Waals surface area (Å²) in [6, 6.07) is 10.8. The molecule has 0 fully saturated rings. The first-order chi connectivity index (χ1) is 9.63. The smallest absolute Gasteiger partial charge is 0.223 e. The Morgan fingerprint density at radius 2 is 1.95 bits per heavy atom. The SMILES string of the molecule is CCNC(C)CC(=O)N(C)CCCCc1ccccc1. The minimum atomic E-state index is 0.234. The van der Waals surface area contributed by atoms with Gasteiger partial charge in [0, 0.05) is 26.1 Å². The number of nitrogens with zero attached hydrogens (tertiary/aromatic N) is 1. The van der Waals surface area contributed by atoms with Crippen LogP contribution in [-0.4, -0.2) is 37.0 Å². The van der Waals surface area contributed by atoms with Crippen LogP contribution in [0.5, 0.6) is 0 Å². The molecule has 1 unspecified atom stereocenters. The molecule has 0 spiro atoms. The van der Waals surface area contributed by atoms with Crippen LogP contribution in [0.4, 0.5) is 0 Å². The highest BCUT2D eigenvalue weighted by Crippen LogP contribution is 2.05. The molecule has 112 valence electrons. The molecule has 0 saturated heterocycles. The molecular weight excluding hydrogens is 248 g/mol. The minimum absolute atomic E-state index is 0.234. The monoisotopic (exact) mass is 276 g/mol. The summed E-state index contributed by atoms with van der Waals surface area (Å²) in [7, 11) is 1.91. The first-order valence-electron chi connectivity index (χ1n) is 7.64. The van der Waals surface area contributed by atoms with Gasteiger partial charge in [0.25, 0.3) is 0 Å². The van der Waals surface area contributed by atoms with Crippen molar-refractivity contribution in [2.45, 2.75) is 45.6 Å². The number of hydrogen-bond acceptors (Lipinski definition) is 2. The lowest BCUT2D eigenvalue weighted by Crippen LogP contribution is -2.35. The van der Waals surface area contributed by atoms with Crippen molar-refractivity contribution in [1.29, 1.82) is 0 Å². The molecule has 1 atom stereocenters. The Bertz CT molecular complexity index is 378. The van der Waals surface area contributed by atoms with Gasteiger partial charge in [0.2, 0.25) is 5.91 Å². The van der Waals surface area contributed by atoms with Gasteiger partial charge in [-0.05, 0) is 38.3 Å². The summed E-state index contributed by atoms with van der Waals surface area (Å²) in [5, 5.41) is 3.27. The number of unbranched alkanes of at least 4 members (excludes halogenated alkanes) is 1. The molecule has 3 nitrogen and oxygen atoms in total. The van der Waals surface area contributed by atoms with Gasteiger partial charge in [-0.15, -0.1) is 0 Å². The Morgan fingerprint density at radius 3 is 2.60 bits per heavy atom. The maximum absolute atomic E-state index is 12.0. The Morgan fingerprint density at radius 1 is 1.25 bits per heavy atom. The fraction of sp³-hybridized carbons (Fsp3) is 0.588. The highest BCUT2D eigenvalue weighted by molar-refractivity contribution is 5.76. The van der Waals surface area contributed by atoms with Crippen LogP contribution in [0.1, 0.15) is 38.7 Å². The fourth-order valence-electron chi connectivity index (χ4n) is 2.29. The summed E-state index contributed by atoms with van der Waals surface area (Å²) in [5.74, 6) is 0.234. The number of carbonyl (C=O) groups excluding carboxylic acids is 1. The van der Waals surface area contributed by atoms with Gasteiger partial charge in [-0.25, -0.2) is 0 Å². The summed E-state index contributed by atoms with van der Waals surface area (Å²) in [4.78, 5) is 13.8. The van der Waals surface area contributed by atoms with E-state index in [0.29, 0.717) is 6.42 Å². The number of amides is 1. The van der Waals surface area contributed by atoms with E-state index >= 15 is 0 Å². The molecule has 0 aromatic heterocycles. The first kappa shape index (κ1) is 16.7. The molecule has 0 radical (unpaired) electrons. The zero-order valence-electron chi connectivity index (χ0n) is 13.1. The average molecular weight is 276 g/mol. The second kappa shape index (κ2) is 9.54. The molecule has 1 rings (SSSR count). The van der Waals surface area contributed by atoms with Crippen LogP contribution in [0.25, 0.3) is 0 Å². The molecular formula is C17H28N2O. The third-order valence-corrected chi connectivity index (χ3v) is 3.51. The molecule has 1 aromatic carbocycles. The Hall–Kier alpha value is -1.35. The second-order valence-corrected chi connectivity index (χ2v) is 5.42. The molecule has 0 aliphatic heterocycles. The van der Waals surface area contributed by atoms with Gasteiger partial charge in [0.1, 0.15) is 0 Å². The summed E-state index contributed by atoms with van der Waals surface area (Å²) in [5.41, 5.74) is 1.38. The number of hydrogen-bond donors (Lipinski definition) is 1. The lowest BCUT2D eigenvalue weighted by atomic mass is 10.1. The molecule has 0 aliphatic carbocycles. The molecule has 0 heterocycles. The Labute approximate surface area is 123 Å². The van der Waals surface area contributed by atoms with E-state index in [1.54, 1.807) is 0 Å². The number of carbonyl (C=O) groups is 1. The zero-order valence-corrected chi connectivity index (χ0v) is 13.1. The maximum atomic E-state index is 12.0. The van der Waals surface area contributed by atoms with Crippen molar-refractivity contribution in [2.24, 2.45) is 0 Å².